The van der Waals surface area contributed by atoms with E-state index in [9.17, 15) is 4.39 Å². The first-order chi connectivity index (χ1) is 8.28. The molecule has 1 aromatic heterocycles. The van der Waals surface area contributed by atoms with Gasteiger partial charge in [0.05, 0.1) is 12.2 Å². The molecule has 2 aromatic rings. The van der Waals surface area contributed by atoms with Crippen LogP contribution in [0.25, 0.3) is 0 Å². The van der Waals surface area contributed by atoms with Gasteiger partial charge in [0, 0.05) is 18.4 Å². The summed E-state index contributed by atoms with van der Waals surface area (Å²) in [6, 6.07) is 10.1. The van der Waals surface area contributed by atoms with Gasteiger partial charge in [-0.15, -0.1) is 0 Å². The fourth-order valence-electron chi connectivity index (χ4n) is 1.44. The fraction of sp³-hybridized carbons (Fsp3) is 0.154. The van der Waals surface area contributed by atoms with Gasteiger partial charge in [-0.05, 0) is 35.9 Å². The van der Waals surface area contributed by atoms with Crippen molar-refractivity contribution >= 4 is 5.69 Å². The lowest BCUT2D eigenvalue weighted by atomic mass is 10.2. The molecule has 0 amide bonds. The number of aromatic nitrogens is 1. The molecule has 0 unspecified atom stereocenters. The van der Waals surface area contributed by atoms with Gasteiger partial charge in [-0.2, -0.15) is 0 Å². The Kier molecular flexibility index (Phi) is 3.67. The molecule has 88 valence electrons. The monoisotopic (exact) mass is 231 g/mol. The van der Waals surface area contributed by atoms with Crippen molar-refractivity contribution in [2.75, 3.05) is 5.32 Å². The van der Waals surface area contributed by atoms with Gasteiger partial charge in [0.25, 0.3) is 0 Å². The van der Waals surface area contributed by atoms with Crippen LogP contribution in [0, 0.1) is 5.82 Å². The van der Waals surface area contributed by atoms with Gasteiger partial charge in [-0.1, -0.05) is 6.07 Å². The Hall–Kier alpha value is -1.94. The Bertz CT molecular complexity index is 465. The first-order valence-electron chi connectivity index (χ1n) is 5.41. The number of hydrogen-bond acceptors (Lipinski definition) is 3. The van der Waals surface area contributed by atoms with Crippen molar-refractivity contribution in [2.24, 2.45) is 5.73 Å². The van der Waals surface area contributed by atoms with Crippen molar-refractivity contribution in [2.45, 2.75) is 13.1 Å². The number of pyridine rings is 1. The van der Waals surface area contributed by atoms with E-state index in [4.69, 9.17) is 5.73 Å². The van der Waals surface area contributed by atoms with Crippen LogP contribution in [-0.2, 0) is 13.1 Å². The number of anilines is 1. The van der Waals surface area contributed by atoms with Gasteiger partial charge in [0.1, 0.15) is 5.82 Å². The van der Waals surface area contributed by atoms with Crippen molar-refractivity contribution in [1.82, 2.24) is 4.98 Å². The molecular weight excluding hydrogens is 217 g/mol. The number of hydrogen-bond donors (Lipinski definition) is 2. The zero-order chi connectivity index (χ0) is 12.1. The molecule has 0 radical (unpaired) electrons. The lowest BCUT2D eigenvalue weighted by molar-refractivity contribution is 0.628. The highest BCUT2D eigenvalue weighted by atomic mass is 19.1. The molecule has 3 N–H and O–H groups in total. The molecule has 4 heteroatoms. The van der Waals surface area contributed by atoms with Crippen molar-refractivity contribution < 1.29 is 4.39 Å². The predicted molar refractivity (Wildman–Crippen MR) is 65.9 cm³/mol. The van der Waals surface area contributed by atoms with Gasteiger partial charge in [-0.25, -0.2) is 4.39 Å². The highest BCUT2D eigenvalue weighted by molar-refractivity contribution is 5.43. The van der Waals surface area contributed by atoms with Crippen LogP contribution in [0.3, 0.4) is 0 Å². The molecule has 3 nitrogen and oxygen atoms in total. The van der Waals surface area contributed by atoms with Crippen LogP contribution < -0.4 is 11.1 Å². The van der Waals surface area contributed by atoms with Crippen LogP contribution in [0.1, 0.15) is 11.3 Å². The molecular formula is C13H14FN3. The normalized spacial score (nSPS) is 10.2. The molecule has 1 heterocycles. The summed E-state index contributed by atoms with van der Waals surface area (Å²) in [7, 11) is 0. The molecule has 0 aliphatic rings. The van der Waals surface area contributed by atoms with Crippen LogP contribution >= 0.6 is 0 Å². The van der Waals surface area contributed by atoms with Gasteiger partial charge in [0.15, 0.2) is 0 Å². The quantitative estimate of drug-likeness (QED) is 0.848. The number of nitrogens with one attached hydrogen (secondary N) is 1. The SMILES string of the molecule is NCc1ccc(CNc2ccc(F)cc2)nc1. The van der Waals surface area contributed by atoms with Gasteiger partial charge in [0.2, 0.25) is 0 Å². The minimum absolute atomic E-state index is 0.235. The fourth-order valence-corrected chi connectivity index (χ4v) is 1.44. The van der Waals surface area contributed by atoms with E-state index in [0.29, 0.717) is 13.1 Å². The standard InChI is InChI=1S/C13H14FN3/c14-11-2-5-12(6-3-11)17-9-13-4-1-10(7-15)8-16-13/h1-6,8,17H,7,9,15H2. The van der Waals surface area contributed by atoms with Crippen LogP contribution in [0.15, 0.2) is 42.6 Å². The summed E-state index contributed by atoms with van der Waals surface area (Å²) in [6.45, 7) is 1.11. The second-order valence-corrected chi connectivity index (χ2v) is 3.72. The lowest BCUT2D eigenvalue weighted by Gasteiger charge is -2.06. The van der Waals surface area contributed by atoms with Crippen molar-refractivity contribution in [3.63, 3.8) is 0 Å². The first-order valence-corrected chi connectivity index (χ1v) is 5.41. The molecule has 1 aromatic carbocycles. The molecule has 0 spiro atoms. The molecule has 0 bridgehead atoms. The maximum Gasteiger partial charge on any atom is 0.123 e. The Labute approximate surface area is 99.5 Å². The topological polar surface area (TPSA) is 50.9 Å². The average molecular weight is 231 g/mol. The maximum atomic E-state index is 12.7. The van der Waals surface area contributed by atoms with E-state index in [1.54, 1.807) is 18.3 Å². The highest BCUT2D eigenvalue weighted by Gasteiger charge is 1.96. The van der Waals surface area contributed by atoms with Crippen LogP contribution in [0.5, 0.6) is 0 Å². The van der Waals surface area contributed by atoms with E-state index < -0.39 is 0 Å². The maximum absolute atomic E-state index is 12.7. The number of nitrogens with zero attached hydrogens (tertiary/aromatic N) is 1. The minimum Gasteiger partial charge on any atom is -0.379 e. The van der Waals surface area contributed by atoms with E-state index in [2.05, 4.69) is 10.3 Å². The minimum atomic E-state index is -0.235. The number of benzene rings is 1. The van der Waals surface area contributed by atoms with Crippen molar-refractivity contribution in [1.29, 1.82) is 0 Å². The van der Waals surface area contributed by atoms with E-state index >= 15 is 0 Å². The van der Waals surface area contributed by atoms with E-state index in [1.165, 1.54) is 12.1 Å². The third-order valence-corrected chi connectivity index (χ3v) is 2.44. The molecule has 17 heavy (non-hydrogen) atoms. The van der Waals surface area contributed by atoms with E-state index in [1.807, 2.05) is 12.1 Å². The molecule has 0 aliphatic carbocycles. The second kappa shape index (κ2) is 5.41. The van der Waals surface area contributed by atoms with E-state index in [-0.39, 0.29) is 5.82 Å². The zero-order valence-electron chi connectivity index (χ0n) is 9.36. The number of halogens is 1. The Balaban J connectivity index is 1.95. The molecule has 0 atom stereocenters. The summed E-state index contributed by atoms with van der Waals surface area (Å²) in [6.07, 6.45) is 1.77. The van der Waals surface area contributed by atoms with Crippen LogP contribution in [0.2, 0.25) is 0 Å². The highest BCUT2D eigenvalue weighted by Crippen LogP contribution is 2.09. The second-order valence-electron chi connectivity index (χ2n) is 3.72. The van der Waals surface area contributed by atoms with Crippen LogP contribution in [0.4, 0.5) is 10.1 Å². The number of nitrogens with two attached hydrogens (primary N) is 1. The Morgan fingerprint density at radius 3 is 2.47 bits per heavy atom. The molecule has 2 rings (SSSR count). The smallest absolute Gasteiger partial charge is 0.123 e. The lowest BCUT2D eigenvalue weighted by Crippen LogP contribution is -2.03. The number of rotatable bonds is 4. The summed E-state index contributed by atoms with van der Waals surface area (Å²) < 4.78 is 12.7. The van der Waals surface area contributed by atoms with Crippen molar-refractivity contribution in [3.05, 3.63) is 59.7 Å². The Morgan fingerprint density at radius 1 is 1.12 bits per heavy atom. The predicted octanol–water partition coefficient (Wildman–Crippen LogP) is 2.29. The molecule has 0 saturated heterocycles. The third-order valence-electron chi connectivity index (χ3n) is 2.44. The van der Waals surface area contributed by atoms with Crippen LogP contribution in [-0.4, -0.2) is 4.98 Å². The summed E-state index contributed by atoms with van der Waals surface area (Å²) in [5, 5.41) is 3.17. The molecule has 0 fully saturated rings. The summed E-state index contributed by atoms with van der Waals surface area (Å²) >= 11 is 0. The third kappa shape index (κ3) is 3.26. The van der Waals surface area contributed by atoms with E-state index in [0.717, 1.165) is 16.9 Å². The zero-order valence-corrected chi connectivity index (χ0v) is 9.36. The largest absolute Gasteiger partial charge is 0.379 e. The molecule has 0 saturated carbocycles. The summed E-state index contributed by atoms with van der Waals surface area (Å²) in [5.41, 5.74) is 8.29. The first kappa shape index (κ1) is 11.5. The van der Waals surface area contributed by atoms with Crippen molar-refractivity contribution in [3.8, 4) is 0 Å². The van der Waals surface area contributed by atoms with Gasteiger partial charge >= 0.3 is 0 Å². The average Bonchev–Trinajstić information content (AvgIpc) is 2.39. The van der Waals surface area contributed by atoms with Gasteiger partial charge < -0.3 is 11.1 Å². The molecule has 0 aliphatic heterocycles. The summed E-state index contributed by atoms with van der Waals surface area (Å²) in [5.74, 6) is -0.235. The van der Waals surface area contributed by atoms with Gasteiger partial charge in [-0.3, -0.25) is 4.98 Å². The Morgan fingerprint density at radius 2 is 1.88 bits per heavy atom. The summed E-state index contributed by atoms with van der Waals surface area (Å²) in [4.78, 5) is 4.27.